The zero-order valence-corrected chi connectivity index (χ0v) is 13.7. The largest absolute Gasteiger partial charge is 0.440 e. The molecule has 0 aromatic carbocycles. The van der Waals surface area contributed by atoms with Gasteiger partial charge in [-0.15, -0.1) is 10.2 Å². The first-order valence-corrected chi connectivity index (χ1v) is 8.24. The molecule has 0 aliphatic carbocycles. The van der Waals surface area contributed by atoms with E-state index in [1.54, 1.807) is 0 Å². The minimum absolute atomic E-state index is 0.176. The smallest absolute Gasteiger partial charge is 0.422 e. The van der Waals surface area contributed by atoms with E-state index >= 15 is 0 Å². The molecule has 0 radical (unpaired) electrons. The molecule has 6 nitrogen and oxygen atoms in total. The van der Waals surface area contributed by atoms with Gasteiger partial charge < -0.3 is 15.4 Å². The highest BCUT2D eigenvalue weighted by Crippen LogP contribution is 2.25. The first-order valence-electron chi connectivity index (χ1n) is 6.44. The minimum Gasteiger partial charge on any atom is -0.440 e. The van der Waals surface area contributed by atoms with Gasteiger partial charge in [-0.3, -0.25) is 0 Å². The number of hydrogen-bond acceptors (Lipinski definition) is 7. The van der Waals surface area contributed by atoms with E-state index in [0.29, 0.717) is 16.8 Å². The fourth-order valence-electron chi connectivity index (χ4n) is 1.12. The number of hydrogen-bond donors (Lipinski definition) is 2. The predicted molar refractivity (Wildman–Crippen MR) is 79.4 cm³/mol. The molecule has 22 heavy (non-hydrogen) atoms. The highest BCUT2D eigenvalue weighted by Gasteiger charge is 2.29. The van der Waals surface area contributed by atoms with Crippen LogP contribution in [0.1, 0.15) is 13.8 Å². The van der Waals surface area contributed by atoms with Gasteiger partial charge in [-0.25, -0.2) is 4.79 Å². The lowest BCUT2D eigenvalue weighted by molar-refractivity contribution is -0.160. The fourth-order valence-corrected chi connectivity index (χ4v) is 2.80. The third-order valence-electron chi connectivity index (χ3n) is 2.03. The number of thioether (sulfide) groups is 1. The van der Waals surface area contributed by atoms with Crippen molar-refractivity contribution in [1.82, 2.24) is 15.5 Å². The second-order valence-corrected chi connectivity index (χ2v) is 6.93. The van der Waals surface area contributed by atoms with Gasteiger partial charge in [0.2, 0.25) is 5.13 Å². The number of carbonyl (C=O) groups is 1. The summed E-state index contributed by atoms with van der Waals surface area (Å²) in [7, 11) is 0. The van der Waals surface area contributed by atoms with Crippen LogP contribution in [0.5, 0.6) is 0 Å². The first kappa shape index (κ1) is 18.8. The van der Waals surface area contributed by atoms with Crippen LogP contribution in [0.3, 0.4) is 0 Å². The van der Waals surface area contributed by atoms with Crippen molar-refractivity contribution >= 4 is 34.3 Å². The molecule has 0 saturated carbocycles. The van der Waals surface area contributed by atoms with Crippen LogP contribution in [-0.4, -0.2) is 47.9 Å². The van der Waals surface area contributed by atoms with E-state index in [4.69, 9.17) is 0 Å². The molecular formula is C11H17F3N4O2S2. The van der Waals surface area contributed by atoms with Crippen molar-refractivity contribution in [3.05, 3.63) is 0 Å². The van der Waals surface area contributed by atoms with Gasteiger partial charge in [0.15, 0.2) is 10.9 Å². The summed E-state index contributed by atoms with van der Waals surface area (Å²) in [6, 6.07) is 0. The van der Waals surface area contributed by atoms with Crippen LogP contribution in [0.15, 0.2) is 4.34 Å². The van der Waals surface area contributed by atoms with Crippen LogP contribution in [0, 0.1) is 5.92 Å². The lowest BCUT2D eigenvalue weighted by Gasteiger charge is -2.08. The quantitative estimate of drug-likeness (QED) is 0.550. The molecule has 1 heterocycles. The number of carbonyl (C=O) groups excluding carboxylic acids is 1. The molecule has 0 saturated heterocycles. The molecule has 0 fully saturated rings. The average molecular weight is 358 g/mol. The molecule has 1 rings (SSSR count). The molecule has 1 aromatic rings. The Hall–Kier alpha value is -1.23. The van der Waals surface area contributed by atoms with Crippen LogP contribution in [-0.2, 0) is 4.74 Å². The van der Waals surface area contributed by atoms with E-state index in [1.807, 2.05) is 0 Å². The monoisotopic (exact) mass is 358 g/mol. The SMILES string of the molecule is CC(C)CNc1nnc(SCCNC(=O)OCC(F)(F)F)s1. The van der Waals surface area contributed by atoms with Crippen molar-refractivity contribution in [3.8, 4) is 0 Å². The third kappa shape index (κ3) is 8.93. The van der Waals surface area contributed by atoms with Gasteiger partial charge in [-0.1, -0.05) is 36.9 Å². The van der Waals surface area contributed by atoms with Crippen LogP contribution >= 0.6 is 23.1 Å². The molecule has 0 bridgehead atoms. The van der Waals surface area contributed by atoms with Gasteiger partial charge in [0.1, 0.15) is 0 Å². The van der Waals surface area contributed by atoms with Crippen LogP contribution in [0.4, 0.5) is 23.1 Å². The van der Waals surface area contributed by atoms with Gasteiger partial charge in [0.25, 0.3) is 0 Å². The Bertz CT molecular complexity index is 468. The number of halogens is 3. The number of nitrogens with zero attached hydrogens (tertiary/aromatic N) is 2. The summed E-state index contributed by atoms with van der Waals surface area (Å²) < 4.78 is 40.2. The van der Waals surface area contributed by atoms with Crippen LogP contribution in [0.25, 0.3) is 0 Å². The number of rotatable bonds is 8. The Kier molecular flexibility index (Phi) is 7.73. The minimum atomic E-state index is -4.52. The Morgan fingerprint density at radius 2 is 2.14 bits per heavy atom. The molecule has 1 aromatic heterocycles. The summed E-state index contributed by atoms with van der Waals surface area (Å²) in [4.78, 5) is 11.0. The van der Waals surface area contributed by atoms with Gasteiger partial charge in [-0.05, 0) is 5.92 Å². The molecule has 0 aliphatic rings. The number of nitrogens with one attached hydrogen (secondary N) is 2. The molecule has 0 spiro atoms. The van der Waals surface area contributed by atoms with E-state index in [1.165, 1.54) is 23.1 Å². The van der Waals surface area contributed by atoms with Gasteiger partial charge in [0.05, 0.1) is 0 Å². The predicted octanol–water partition coefficient (Wildman–Crippen LogP) is 2.99. The van der Waals surface area contributed by atoms with E-state index in [-0.39, 0.29) is 6.54 Å². The van der Waals surface area contributed by atoms with Gasteiger partial charge in [0, 0.05) is 18.8 Å². The number of alkyl carbamates (subject to hydrolysis) is 1. The Labute approximate surface area is 134 Å². The average Bonchev–Trinajstić information content (AvgIpc) is 2.86. The van der Waals surface area contributed by atoms with Crippen molar-refractivity contribution in [1.29, 1.82) is 0 Å². The van der Waals surface area contributed by atoms with Crippen molar-refractivity contribution in [2.24, 2.45) is 5.92 Å². The molecule has 1 amide bonds. The first-order chi connectivity index (χ1) is 10.3. The number of ether oxygens (including phenoxy) is 1. The van der Waals surface area contributed by atoms with Crippen LogP contribution in [0.2, 0.25) is 0 Å². The lowest BCUT2D eigenvalue weighted by Crippen LogP contribution is -2.30. The van der Waals surface area contributed by atoms with Crippen molar-refractivity contribution in [2.45, 2.75) is 24.4 Å². The molecule has 11 heteroatoms. The third-order valence-corrected chi connectivity index (χ3v) is 4.05. The van der Waals surface area contributed by atoms with E-state index < -0.39 is 18.9 Å². The Morgan fingerprint density at radius 1 is 1.41 bits per heavy atom. The summed E-state index contributed by atoms with van der Waals surface area (Å²) in [6.07, 6.45) is -5.60. The van der Waals surface area contributed by atoms with E-state index in [9.17, 15) is 18.0 Å². The molecular weight excluding hydrogens is 341 g/mol. The van der Waals surface area contributed by atoms with Crippen LogP contribution < -0.4 is 10.6 Å². The highest BCUT2D eigenvalue weighted by atomic mass is 32.2. The number of alkyl halides is 3. The molecule has 2 N–H and O–H groups in total. The second kappa shape index (κ2) is 9.03. The summed E-state index contributed by atoms with van der Waals surface area (Å²) in [5, 5.41) is 14.0. The summed E-state index contributed by atoms with van der Waals surface area (Å²) in [6.45, 7) is 3.54. The lowest BCUT2D eigenvalue weighted by atomic mass is 10.2. The summed E-state index contributed by atoms with van der Waals surface area (Å²) in [5.74, 6) is 0.951. The molecule has 126 valence electrons. The number of anilines is 1. The molecule has 0 unspecified atom stereocenters. The maximum absolute atomic E-state index is 11.8. The van der Waals surface area contributed by atoms with Gasteiger partial charge in [-0.2, -0.15) is 13.2 Å². The highest BCUT2D eigenvalue weighted by molar-refractivity contribution is 8.01. The van der Waals surface area contributed by atoms with Crippen molar-refractivity contribution in [3.63, 3.8) is 0 Å². The Morgan fingerprint density at radius 3 is 2.77 bits per heavy atom. The van der Waals surface area contributed by atoms with Gasteiger partial charge >= 0.3 is 12.3 Å². The van der Waals surface area contributed by atoms with Crippen molar-refractivity contribution in [2.75, 3.05) is 30.8 Å². The van der Waals surface area contributed by atoms with Crippen molar-refractivity contribution < 1.29 is 22.7 Å². The standard InChI is InChI=1S/C11H17F3N4O2S2/c1-7(2)5-16-8-17-18-10(22-8)21-4-3-15-9(19)20-6-11(12,13)14/h7H,3-6H2,1-2H3,(H,15,19)(H,16,17). The summed E-state index contributed by atoms with van der Waals surface area (Å²) in [5.41, 5.74) is 0. The molecule has 0 atom stereocenters. The maximum Gasteiger partial charge on any atom is 0.422 e. The Balaban J connectivity index is 2.15. The summed E-state index contributed by atoms with van der Waals surface area (Å²) >= 11 is 2.74. The number of amides is 1. The topological polar surface area (TPSA) is 76.1 Å². The molecule has 0 aliphatic heterocycles. The zero-order chi connectivity index (χ0) is 16.6. The normalized spacial score (nSPS) is 11.5. The second-order valence-electron chi connectivity index (χ2n) is 4.61. The zero-order valence-electron chi connectivity index (χ0n) is 12.1. The fraction of sp³-hybridized carbons (Fsp3) is 0.727. The number of aromatic nitrogens is 2. The van der Waals surface area contributed by atoms with E-state index in [0.717, 1.165) is 10.9 Å². The maximum atomic E-state index is 11.8. The van der Waals surface area contributed by atoms with E-state index in [2.05, 4.69) is 39.4 Å².